The fourth-order valence-corrected chi connectivity index (χ4v) is 3.26. The van der Waals surface area contributed by atoms with Crippen molar-refractivity contribution in [2.75, 3.05) is 14.1 Å². The molecule has 1 amide bonds. The lowest BCUT2D eigenvalue weighted by Crippen LogP contribution is -2.31. The number of carbonyl (C=O) groups excluding carboxylic acids is 2. The molecule has 1 aromatic carbocycles. The van der Waals surface area contributed by atoms with Crippen LogP contribution in [-0.2, 0) is 16.0 Å². The molecule has 1 atom stereocenters. The number of rotatable bonds is 5. The van der Waals surface area contributed by atoms with E-state index in [4.69, 9.17) is 4.74 Å². The third kappa shape index (κ3) is 3.99. The molecule has 1 unspecified atom stereocenters. The Morgan fingerprint density at radius 2 is 1.87 bits per heavy atom. The van der Waals surface area contributed by atoms with Crippen molar-refractivity contribution < 1.29 is 14.3 Å². The van der Waals surface area contributed by atoms with Crippen molar-refractivity contribution >= 4 is 23.2 Å². The van der Waals surface area contributed by atoms with Crippen LogP contribution in [0.2, 0.25) is 0 Å². The topological polar surface area (TPSA) is 46.6 Å². The van der Waals surface area contributed by atoms with Crippen molar-refractivity contribution in [3.05, 3.63) is 57.3 Å². The van der Waals surface area contributed by atoms with Gasteiger partial charge in [0, 0.05) is 24.5 Å². The third-order valence-electron chi connectivity index (χ3n) is 3.54. The Bertz CT molecular complexity index is 692. The molecule has 23 heavy (non-hydrogen) atoms. The average Bonchev–Trinajstić information content (AvgIpc) is 2.93. The Kier molecular flexibility index (Phi) is 5.55. The first-order valence-electron chi connectivity index (χ1n) is 7.50. The van der Waals surface area contributed by atoms with Crippen LogP contribution in [0.1, 0.15) is 38.7 Å². The van der Waals surface area contributed by atoms with Gasteiger partial charge in [0.25, 0.3) is 5.91 Å². The maximum absolute atomic E-state index is 12.5. The summed E-state index contributed by atoms with van der Waals surface area (Å²) in [6.45, 7) is 4.03. The van der Waals surface area contributed by atoms with Gasteiger partial charge in [-0.05, 0) is 25.0 Å². The summed E-state index contributed by atoms with van der Waals surface area (Å²) in [7, 11) is 3.30. The number of carbonyl (C=O) groups is 2. The molecule has 1 aromatic heterocycles. The molecule has 2 rings (SSSR count). The predicted molar refractivity (Wildman–Crippen MR) is 91.7 cm³/mol. The van der Waals surface area contributed by atoms with E-state index in [1.54, 1.807) is 26.2 Å². The quantitative estimate of drug-likeness (QED) is 0.786. The standard InChI is InChI=1S/C18H21NO3S/c1-5-14-12(2)11-15(23-14)18(21)22-16(17(20)19(3)4)13-9-7-6-8-10-13/h6-11,16H,5H2,1-4H3. The van der Waals surface area contributed by atoms with Crippen molar-refractivity contribution in [3.63, 3.8) is 0 Å². The number of esters is 1. The van der Waals surface area contributed by atoms with E-state index in [1.165, 1.54) is 16.2 Å². The summed E-state index contributed by atoms with van der Waals surface area (Å²) in [6.07, 6.45) is -0.0473. The van der Waals surface area contributed by atoms with Gasteiger partial charge >= 0.3 is 5.97 Å². The molecule has 0 N–H and O–H groups in total. The molecule has 0 saturated carbocycles. The number of ether oxygens (including phenoxy) is 1. The number of nitrogens with zero attached hydrogens (tertiary/aromatic N) is 1. The smallest absolute Gasteiger partial charge is 0.349 e. The van der Waals surface area contributed by atoms with Crippen molar-refractivity contribution in [2.45, 2.75) is 26.4 Å². The van der Waals surface area contributed by atoms with Crippen molar-refractivity contribution in [3.8, 4) is 0 Å². The van der Waals surface area contributed by atoms with Gasteiger partial charge in [0.1, 0.15) is 4.88 Å². The zero-order valence-corrected chi connectivity index (χ0v) is 14.6. The molecule has 0 aliphatic heterocycles. The summed E-state index contributed by atoms with van der Waals surface area (Å²) in [5.41, 5.74) is 1.75. The lowest BCUT2D eigenvalue weighted by atomic mass is 10.1. The van der Waals surface area contributed by atoms with Gasteiger partial charge in [0.05, 0.1) is 0 Å². The van der Waals surface area contributed by atoms with E-state index in [0.29, 0.717) is 10.4 Å². The maximum atomic E-state index is 12.5. The number of hydrogen-bond acceptors (Lipinski definition) is 4. The van der Waals surface area contributed by atoms with E-state index in [0.717, 1.165) is 16.9 Å². The maximum Gasteiger partial charge on any atom is 0.349 e. The number of thiophene rings is 1. The molecule has 2 aromatic rings. The highest BCUT2D eigenvalue weighted by molar-refractivity contribution is 7.14. The van der Waals surface area contributed by atoms with Crippen molar-refractivity contribution in [2.24, 2.45) is 0 Å². The van der Waals surface area contributed by atoms with Gasteiger partial charge in [-0.1, -0.05) is 37.3 Å². The Balaban J connectivity index is 2.26. The second-order valence-electron chi connectivity index (χ2n) is 5.50. The monoisotopic (exact) mass is 331 g/mol. The number of amides is 1. The summed E-state index contributed by atoms with van der Waals surface area (Å²) in [5, 5.41) is 0. The minimum atomic E-state index is -0.925. The SMILES string of the molecule is CCc1sc(C(=O)OC(C(=O)N(C)C)c2ccccc2)cc1C. The van der Waals surface area contributed by atoms with Crippen LogP contribution in [0.3, 0.4) is 0 Å². The number of aryl methyl sites for hydroxylation is 2. The highest BCUT2D eigenvalue weighted by Gasteiger charge is 2.27. The van der Waals surface area contributed by atoms with Gasteiger partial charge in [-0.2, -0.15) is 0 Å². The Morgan fingerprint density at radius 3 is 2.39 bits per heavy atom. The molecular formula is C18H21NO3S. The molecule has 0 saturated heterocycles. The van der Waals surface area contributed by atoms with Gasteiger partial charge < -0.3 is 9.64 Å². The molecule has 5 heteroatoms. The normalized spacial score (nSPS) is 11.8. The minimum absolute atomic E-state index is 0.256. The minimum Gasteiger partial charge on any atom is -0.443 e. The fourth-order valence-electron chi connectivity index (χ4n) is 2.26. The van der Waals surface area contributed by atoms with Crippen LogP contribution in [0.5, 0.6) is 0 Å². The second kappa shape index (κ2) is 7.42. The van der Waals surface area contributed by atoms with E-state index >= 15 is 0 Å². The number of benzene rings is 1. The molecule has 0 spiro atoms. The van der Waals surface area contributed by atoms with Gasteiger partial charge in [-0.3, -0.25) is 4.79 Å². The van der Waals surface area contributed by atoms with Gasteiger partial charge in [0.15, 0.2) is 0 Å². The first-order chi connectivity index (χ1) is 10.9. The molecule has 0 aliphatic carbocycles. The van der Waals surface area contributed by atoms with Crippen LogP contribution in [-0.4, -0.2) is 30.9 Å². The molecule has 0 fully saturated rings. The molecular weight excluding hydrogens is 310 g/mol. The molecule has 0 radical (unpaired) electrons. The van der Waals surface area contributed by atoms with Crippen LogP contribution in [0.25, 0.3) is 0 Å². The van der Waals surface area contributed by atoms with Crippen LogP contribution < -0.4 is 0 Å². The van der Waals surface area contributed by atoms with Gasteiger partial charge in [-0.15, -0.1) is 11.3 Å². The summed E-state index contributed by atoms with van der Waals surface area (Å²) < 4.78 is 5.54. The summed E-state index contributed by atoms with van der Waals surface area (Å²) in [6, 6.07) is 10.9. The lowest BCUT2D eigenvalue weighted by Gasteiger charge is -2.20. The predicted octanol–water partition coefficient (Wildman–Crippen LogP) is 3.61. The summed E-state index contributed by atoms with van der Waals surface area (Å²) in [4.78, 5) is 28.0. The Morgan fingerprint density at radius 1 is 1.22 bits per heavy atom. The third-order valence-corrected chi connectivity index (χ3v) is 4.90. The largest absolute Gasteiger partial charge is 0.443 e. The molecule has 1 heterocycles. The number of likely N-dealkylation sites (N-methyl/N-ethyl adjacent to an activating group) is 1. The van der Waals surface area contributed by atoms with Crippen LogP contribution in [0.4, 0.5) is 0 Å². The number of hydrogen-bond donors (Lipinski definition) is 0. The highest BCUT2D eigenvalue weighted by Crippen LogP contribution is 2.26. The molecule has 0 aliphatic rings. The fraction of sp³-hybridized carbons (Fsp3) is 0.333. The molecule has 4 nitrogen and oxygen atoms in total. The first-order valence-corrected chi connectivity index (χ1v) is 8.32. The van der Waals surface area contributed by atoms with E-state index < -0.39 is 12.1 Å². The van der Waals surface area contributed by atoms with E-state index in [2.05, 4.69) is 6.92 Å². The Hall–Kier alpha value is -2.14. The van der Waals surface area contributed by atoms with Crippen LogP contribution in [0, 0.1) is 6.92 Å². The first kappa shape index (κ1) is 17.2. The van der Waals surface area contributed by atoms with Gasteiger partial charge in [0.2, 0.25) is 6.10 Å². The zero-order chi connectivity index (χ0) is 17.0. The van der Waals surface area contributed by atoms with E-state index in [-0.39, 0.29) is 5.91 Å². The second-order valence-corrected chi connectivity index (χ2v) is 6.64. The molecule has 122 valence electrons. The summed E-state index contributed by atoms with van der Waals surface area (Å²) >= 11 is 1.43. The molecule has 0 bridgehead atoms. The zero-order valence-electron chi connectivity index (χ0n) is 13.8. The summed E-state index contributed by atoms with van der Waals surface area (Å²) in [5.74, 6) is -0.713. The van der Waals surface area contributed by atoms with Crippen molar-refractivity contribution in [1.29, 1.82) is 0 Å². The van der Waals surface area contributed by atoms with E-state index in [9.17, 15) is 9.59 Å². The van der Waals surface area contributed by atoms with Crippen LogP contribution in [0.15, 0.2) is 36.4 Å². The van der Waals surface area contributed by atoms with Crippen molar-refractivity contribution in [1.82, 2.24) is 4.90 Å². The average molecular weight is 331 g/mol. The highest BCUT2D eigenvalue weighted by atomic mass is 32.1. The van der Waals surface area contributed by atoms with Gasteiger partial charge in [-0.25, -0.2) is 4.79 Å². The van der Waals surface area contributed by atoms with E-state index in [1.807, 2.05) is 31.2 Å². The van der Waals surface area contributed by atoms with Crippen LogP contribution >= 0.6 is 11.3 Å². The Labute approximate surface area is 140 Å². The lowest BCUT2D eigenvalue weighted by molar-refractivity contribution is -0.138.